The Kier molecular flexibility index (Phi) is 3.66. The van der Waals surface area contributed by atoms with E-state index in [1.165, 1.54) is 20.3 Å². The van der Waals surface area contributed by atoms with E-state index in [4.69, 9.17) is 19.9 Å². The summed E-state index contributed by atoms with van der Waals surface area (Å²) in [7, 11) is 4.63. The maximum atomic E-state index is 14.4. The molecule has 4 nitrogen and oxygen atoms in total. The first-order valence-corrected chi connectivity index (χ1v) is 6.99. The second kappa shape index (κ2) is 5.50. The quantitative estimate of drug-likeness (QED) is 0.943. The van der Waals surface area contributed by atoms with Crippen LogP contribution in [0, 0.1) is 5.82 Å². The zero-order valence-electron chi connectivity index (χ0n) is 12.8. The lowest BCUT2D eigenvalue weighted by Crippen LogP contribution is -2.11. The number of hydrogen-bond acceptors (Lipinski definition) is 4. The van der Waals surface area contributed by atoms with Crippen LogP contribution in [0.2, 0.25) is 0 Å². The molecule has 0 radical (unpaired) electrons. The van der Waals surface area contributed by atoms with E-state index in [9.17, 15) is 4.39 Å². The lowest BCUT2D eigenvalue weighted by Gasteiger charge is -2.17. The van der Waals surface area contributed by atoms with Gasteiger partial charge in [0.1, 0.15) is 5.82 Å². The summed E-state index contributed by atoms with van der Waals surface area (Å²) < 4.78 is 30.7. The first kappa shape index (κ1) is 14.7. The maximum absolute atomic E-state index is 14.4. The Bertz CT molecular complexity index is 730. The minimum atomic E-state index is -0.291. The third-order valence-electron chi connectivity index (χ3n) is 4.14. The summed E-state index contributed by atoms with van der Waals surface area (Å²) in [6.45, 7) is 0.377. The largest absolute Gasteiger partial charge is 0.493 e. The van der Waals surface area contributed by atoms with Gasteiger partial charge in [-0.05, 0) is 23.3 Å². The number of benzene rings is 2. The minimum absolute atomic E-state index is 0.0885. The molecule has 1 aliphatic rings. The molecule has 0 aliphatic heterocycles. The van der Waals surface area contributed by atoms with Crippen LogP contribution in [-0.2, 0) is 0 Å². The van der Waals surface area contributed by atoms with Crippen LogP contribution in [0.5, 0.6) is 17.2 Å². The highest BCUT2D eigenvalue weighted by atomic mass is 19.1. The number of halogens is 1. The van der Waals surface area contributed by atoms with Gasteiger partial charge in [-0.3, -0.25) is 0 Å². The van der Waals surface area contributed by atoms with Gasteiger partial charge in [0.25, 0.3) is 0 Å². The van der Waals surface area contributed by atoms with Crippen molar-refractivity contribution in [2.45, 2.75) is 5.92 Å². The van der Waals surface area contributed by atoms with Gasteiger partial charge in [0, 0.05) is 23.6 Å². The van der Waals surface area contributed by atoms with Crippen LogP contribution in [0.4, 0.5) is 4.39 Å². The fraction of sp³-hybridized carbons (Fsp3) is 0.294. The predicted molar refractivity (Wildman–Crippen MR) is 82.4 cm³/mol. The highest BCUT2D eigenvalue weighted by molar-refractivity contribution is 5.87. The van der Waals surface area contributed by atoms with Crippen molar-refractivity contribution in [2.24, 2.45) is 5.73 Å². The van der Waals surface area contributed by atoms with Crippen LogP contribution in [0.15, 0.2) is 24.3 Å². The molecule has 0 saturated carbocycles. The summed E-state index contributed by atoms with van der Waals surface area (Å²) in [5.41, 5.74) is 8.93. The van der Waals surface area contributed by atoms with E-state index in [1.54, 1.807) is 13.2 Å². The number of hydrogen-bond donors (Lipinski definition) is 1. The molecule has 116 valence electrons. The predicted octanol–water partition coefficient (Wildman–Crippen LogP) is 2.92. The summed E-state index contributed by atoms with van der Waals surface area (Å²) >= 11 is 0. The Hall–Kier alpha value is -2.27. The molecule has 0 fully saturated rings. The molecule has 5 heteroatoms. The van der Waals surface area contributed by atoms with Crippen molar-refractivity contribution in [2.75, 3.05) is 27.9 Å². The molecule has 1 unspecified atom stereocenters. The van der Waals surface area contributed by atoms with Gasteiger partial charge in [-0.15, -0.1) is 0 Å². The number of fused-ring (bicyclic) bond motifs is 3. The SMILES string of the molecule is COc1cc2c(c(OC)c1OC)-c1c(F)cccc1C2CN. The molecule has 2 N–H and O–H groups in total. The standard InChI is InChI=1S/C17H18FNO3/c1-20-13-7-10-11(8-19)9-5-4-6-12(18)14(9)15(10)17(22-3)16(13)21-2/h4-7,11H,8,19H2,1-3H3. The van der Waals surface area contributed by atoms with Crippen LogP contribution >= 0.6 is 0 Å². The molecule has 2 aromatic carbocycles. The average molecular weight is 303 g/mol. The zero-order chi connectivity index (χ0) is 15.9. The van der Waals surface area contributed by atoms with Gasteiger partial charge in [0.15, 0.2) is 11.5 Å². The van der Waals surface area contributed by atoms with Crippen LogP contribution in [0.25, 0.3) is 11.1 Å². The van der Waals surface area contributed by atoms with E-state index in [0.717, 1.165) is 11.1 Å². The smallest absolute Gasteiger partial charge is 0.203 e. The van der Waals surface area contributed by atoms with Crippen molar-refractivity contribution < 1.29 is 18.6 Å². The van der Waals surface area contributed by atoms with Gasteiger partial charge in [-0.25, -0.2) is 4.39 Å². The summed E-state index contributed by atoms with van der Waals surface area (Å²) in [6.07, 6.45) is 0. The number of methoxy groups -OCH3 is 3. The molecular formula is C17H18FNO3. The average Bonchev–Trinajstić information content (AvgIpc) is 2.87. The van der Waals surface area contributed by atoms with Crippen LogP contribution in [0.3, 0.4) is 0 Å². The number of nitrogens with two attached hydrogens (primary N) is 1. The Balaban J connectivity index is 2.41. The molecule has 0 saturated heterocycles. The Morgan fingerprint density at radius 2 is 1.73 bits per heavy atom. The highest BCUT2D eigenvalue weighted by Gasteiger charge is 2.35. The van der Waals surface area contributed by atoms with Gasteiger partial charge < -0.3 is 19.9 Å². The van der Waals surface area contributed by atoms with E-state index >= 15 is 0 Å². The van der Waals surface area contributed by atoms with Gasteiger partial charge >= 0.3 is 0 Å². The molecule has 22 heavy (non-hydrogen) atoms. The Labute approximate surface area is 128 Å². The topological polar surface area (TPSA) is 53.7 Å². The maximum Gasteiger partial charge on any atom is 0.203 e. The van der Waals surface area contributed by atoms with E-state index in [1.807, 2.05) is 12.1 Å². The second-order valence-electron chi connectivity index (χ2n) is 5.10. The Morgan fingerprint density at radius 1 is 1.00 bits per heavy atom. The fourth-order valence-electron chi connectivity index (χ4n) is 3.22. The summed E-state index contributed by atoms with van der Waals surface area (Å²) in [6, 6.07) is 6.89. The molecule has 3 rings (SSSR count). The molecule has 0 amide bonds. The minimum Gasteiger partial charge on any atom is -0.493 e. The van der Waals surface area contributed by atoms with Gasteiger partial charge in [-0.1, -0.05) is 12.1 Å². The summed E-state index contributed by atoms with van der Waals surface area (Å²) in [5, 5.41) is 0. The third-order valence-corrected chi connectivity index (χ3v) is 4.14. The molecule has 2 aromatic rings. The molecular weight excluding hydrogens is 285 g/mol. The van der Waals surface area contributed by atoms with Gasteiger partial charge in [0.05, 0.1) is 21.3 Å². The molecule has 0 aromatic heterocycles. The van der Waals surface area contributed by atoms with Crippen molar-refractivity contribution in [1.29, 1.82) is 0 Å². The molecule has 0 heterocycles. The monoisotopic (exact) mass is 303 g/mol. The lowest BCUT2D eigenvalue weighted by atomic mass is 9.97. The van der Waals surface area contributed by atoms with Crippen LogP contribution < -0.4 is 19.9 Å². The van der Waals surface area contributed by atoms with E-state index < -0.39 is 0 Å². The van der Waals surface area contributed by atoms with Crippen molar-refractivity contribution in [3.05, 3.63) is 41.2 Å². The first-order valence-electron chi connectivity index (χ1n) is 6.99. The van der Waals surface area contributed by atoms with Crippen molar-refractivity contribution in [1.82, 2.24) is 0 Å². The summed E-state index contributed by atoms with van der Waals surface area (Å²) in [4.78, 5) is 0. The van der Waals surface area contributed by atoms with Gasteiger partial charge in [0.2, 0.25) is 5.75 Å². The van der Waals surface area contributed by atoms with E-state index in [2.05, 4.69) is 0 Å². The van der Waals surface area contributed by atoms with Gasteiger partial charge in [-0.2, -0.15) is 0 Å². The Morgan fingerprint density at radius 3 is 2.32 bits per heavy atom. The van der Waals surface area contributed by atoms with Crippen molar-refractivity contribution >= 4 is 0 Å². The first-order chi connectivity index (χ1) is 10.7. The van der Waals surface area contributed by atoms with E-state index in [0.29, 0.717) is 34.9 Å². The normalized spacial score (nSPS) is 15.2. The van der Waals surface area contributed by atoms with Crippen LogP contribution in [0.1, 0.15) is 17.0 Å². The highest BCUT2D eigenvalue weighted by Crippen LogP contribution is 2.55. The lowest BCUT2D eigenvalue weighted by molar-refractivity contribution is 0.324. The van der Waals surface area contributed by atoms with Crippen LogP contribution in [-0.4, -0.2) is 27.9 Å². The number of ether oxygens (including phenoxy) is 3. The van der Waals surface area contributed by atoms with Crippen molar-refractivity contribution in [3.8, 4) is 28.4 Å². The van der Waals surface area contributed by atoms with Crippen molar-refractivity contribution in [3.63, 3.8) is 0 Å². The molecule has 0 bridgehead atoms. The van der Waals surface area contributed by atoms with E-state index in [-0.39, 0.29) is 11.7 Å². The zero-order valence-corrected chi connectivity index (χ0v) is 12.8. The summed E-state index contributed by atoms with van der Waals surface area (Å²) in [5.74, 6) is 1.09. The molecule has 1 atom stereocenters. The second-order valence-corrected chi connectivity index (χ2v) is 5.10. The number of rotatable bonds is 4. The molecule has 0 spiro atoms. The molecule has 1 aliphatic carbocycles. The third kappa shape index (κ3) is 1.85. The fourth-order valence-corrected chi connectivity index (χ4v) is 3.22.